The molecule has 0 unspecified atom stereocenters. The van der Waals surface area contributed by atoms with E-state index >= 15 is 0 Å². The number of fused-ring (bicyclic) bond motifs is 1. The fraction of sp³-hybridized carbons (Fsp3) is 0.190. The molecule has 1 aromatic heterocycles. The summed E-state index contributed by atoms with van der Waals surface area (Å²) in [6, 6.07) is 13.6. The van der Waals surface area contributed by atoms with Crippen LogP contribution in [-0.4, -0.2) is 23.6 Å². The summed E-state index contributed by atoms with van der Waals surface area (Å²) >= 11 is 1.38. The first-order valence-electron chi connectivity index (χ1n) is 8.47. The maximum absolute atomic E-state index is 12.3. The van der Waals surface area contributed by atoms with Crippen LogP contribution >= 0.6 is 11.3 Å². The molecule has 0 spiro atoms. The van der Waals surface area contributed by atoms with Crippen LogP contribution in [0.25, 0.3) is 16.3 Å². The molecule has 0 aliphatic heterocycles. The van der Waals surface area contributed by atoms with Crippen LogP contribution in [0, 0.1) is 13.8 Å². The van der Waals surface area contributed by atoms with E-state index < -0.39 is 0 Å². The Morgan fingerprint density at radius 1 is 1.15 bits per heavy atom. The number of rotatable bonds is 4. The maximum atomic E-state index is 12.3. The summed E-state index contributed by atoms with van der Waals surface area (Å²) in [7, 11) is 1.34. The van der Waals surface area contributed by atoms with Gasteiger partial charge in [0.05, 0.1) is 17.3 Å². The van der Waals surface area contributed by atoms with Crippen LogP contribution in [0.2, 0.25) is 0 Å². The van der Waals surface area contributed by atoms with Crippen LogP contribution in [0.4, 0.5) is 0 Å². The van der Waals surface area contributed by atoms with Gasteiger partial charge in [-0.15, -0.1) is 0 Å². The molecule has 0 N–H and O–H groups in total. The molecule has 0 aliphatic carbocycles. The summed E-state index contributed by atoms with van der Waals surface area (Å²) in [5.41, 5.74) is 4.05. The Bertz CT molecular complexity index is 1090. The molecule has 1 heterocycles. The van der Waals surface area contributed by atoms with Crippen molar-refractivity contribution in [3.8, 4) is 0 Å². The number of aromatic nitrogens is 1. The van der Waals surface area contributed by atoms with Gasteiger partial charge in [0.15, 0.2) is 4.80 Å². The van der Waals surface area contributed by atoms with Gasteiger partial charge in [-0.1, -0.05) is 41.7 Å². The molecule has 0 radical (unpaired) electrons. The first-order chi connectivity index (χ1) is 13.0. The van der Waals surface area contributed by atoms with E-state index in [1.807, 2.05) is 56.3 Å². The third-order valence-corrected chi connectivity index (χ3v) is 5.28. The standard InChI is InChI=1S/C21H20N2O3S/c1-14-11-17-18(12-15(14)2)27-21(23(17)13-20(25)26-3)22-19(24)10-9-16-7-5-4-6-8-16/h4-12H,13H2,1-3H3/b10-9+,22-21?. The molecular formula is C21H20N2O3S. The molecule has 2 aromatic carbocycles. The van der Waals surface area contributed by atoms with Gasteiger partial charge >= 0.3 is 5.97 Å². The van der Waals surface area contributed by atoms with E-state index in [1.165, 1.54) is 24.5 Å². The van der Waals surface area contributed by atoms with E-state index in [0.29, 0.717) is 4.80 Å². The van der Waals surface area contributed by atoms with Crippen molar-refractivity contribution in [2.24, 2.45) is 4.99 Å². The number of amides is 1. The Balaban J connectivity index is 2.04. The van der Waals surface area contributed by atoms with Crippen LogP contribution < -0.4 is 4.80 Å². The molecule has 3 aromatic rings. The second-order valence-electron chi connectivity index (χ2n) is 6.15. The minimum Gasteiger partial charge on any atom is -0.468 e. The quantitative estimate of drug-likeness (QED) is 0.513. The molecular weight excluding hydrogens is 360 g/mol. The lowest BCUT2D eigenvalue weighted by molar-refractivity contribution is -0.141. The van der Waals surface area contributed by atoms with Gasteiger partial charge in [-0.05, 0) is 48.7 Å². The van der Waals surface area contributed by atoms with E-state index in [9.17, 15) is 9.59 Å². The van der Waals surface area contributed by atoms with Crippen LogP contribution in [0.15, 0.2) is 53.5 Å². The molecule has 138 valence electrons. The number of carbonyl (C=O) groups is 2. The van der Waals surface area contributed by atoms with Gasteiger partial charge in [0.2, 0.25) is 0 Å². The van der Waals surface area contributed by atoms with E-state index in [4.69, 9.17) is 4.74 Å². The first kappa shape index (κ1) is 18.8. The van der Waals surface area contributed by atoms with E-state index in [1.54, 1.807) is 10.6 Å². The van der Waals surface area contributed by atoms with Gasteiger partial charge in [-0.2, -0.15) is 4.99 Å². The minimum absolute atomic E-state index is 0.00745. The van der Waals surface area contributed by atoms with E-state index in [0.717, 1.165) is 26.9 Å². The first-order valence-corrected chi connectivity index (χ1v) is 9.29. The number of hydrogen-bond acceptors (Lipinski definition) is 4. The Labute approximate surface area is 161 Å². The fourth-order valence-corrected chi connectivity index (χ4v) is 3.73. The van der Waals surface area contributed by atoms with Crippen molar-refractivity contribution in [1.82, 2.24) is 4.57 Å². The number of methoxy groups -OCH3 is 1. The average molecular weight is 380 g/mol. The van der Waals surface area contributed by atoms with Crippen molar-refractivity contribution in [2.75, 3.05) is 7.11 Å². The summed E-state index contributed by atoms with van der Waals surface area (Å²) in [6.07, 6.45) is 3.15. The van der Waals surface area contributed by atoms with Crippen molar-refractivity contribution in [3.05, 3.63) is 70.0 Å². The Morgan fingerprint density at radius 2 is 1.85 bits per heavy atom. The van der Waals surface area contributed by atoms with Gasteiger partial charge in [0.25, 0.3) is 5.91 Å². The summed E-state index contributed by atoms with van der Waals surface area (Å²) in [4.78, 5) is 28.9. The fourth-order valence-electron chi connectivity index (χ4n) is 2.62. The van der Waals surface area contributed by atoms with E-state index in [2.05, 4.69) is 4.99 Å². The monoisotopic (exact) mass is 380 g/mol. The zero-order valence-corrected chi connectivity index (χ0v) is 16.2. The van der Waals surface area contributed by atoms with Crippen LogP contribution in [-0.2, 0) is 20.9 Å². The summed E-state index contributed by atoms with van der Waals surface area (Å²) in [5, 5.41) is 0. The minimum atomic E-state index is -0.387. The van der Waals surface area contributed by atoms with Crippen LogP contribution in [0.3, 0.4) is 0 Å². The predicted molar refractivity (Wildman–Crippen MR) is 107 cm³/mol. The number of ether oxygens (including phenoxy) is 1. The van der Waals surface area contributed by atoms with Crippen molar-refractivity contribution in [2.45, 2.75) is 20.4 Å². The number of nitrogens with zero attached hydrogens (tertiary/aromatic N) is 2. The van der Waals surface area contributed by atoms with Crippen LogP contribution in [0.1, 0.15) is 16.7 Å². The number of esters is 1. The molecule has 27 heavy (non-hydrogen) atoms. The highest BCUT2D eigenvalue weighted by Crippen LogP contribution is 2.22. The highest BCUT2D eigenvalue weighted by Gasteiger charge is 2.12. The SMILES string of the molecule is COC(=O)Cn1c(=NC(=O)/C=C/c2ccccc2)sc2cc(C)c(C)cc21. The maximum Gasteiger partial charge on any atom is 0.325 e. The highest BCUT2D eigenvalue weighted by atomic mass is 32.1. The Morgan fingerprint density at radius 3 is 2.56 bits per heavy atom. The lowest BCUT2D eigenvalue weighted by Crippen LogP contribution is -2.22. The molecule has 0 bridgehead atoms. The summed E-state index contributed by atoms with van der Waals surface area (Å²) in [5.74, 6) is -0.765. The van der Waals surface area contributed by atoms with Crippen LogP contribution in [0.5, 0.6) is 0 Å². The van der Waals surface area contributed by atoms with Crippen molar-refractivity contribution >= 4 is 39.5 Å². The molecule has 0 atom stereocenters. The molecule has 6 heteroatoms. The topological polar surface area (TPSA) is 60.7 Å². The predicted octanol–water partition coefficient (Wildman–Crippen LogP) is 3.63. The van der Waals surface area contributed by atoms with Crippen molar-refractivity contribution in [3.63, 3.8) is 0 Å². The molecule has 5 nitrogen and oxygen atoms in total. The normalized spacial score (nSPS) is 12.0. The highest BCUT2D eigenvalue weighted by molar-refractivity contribution is 7.16. The van der Waals surface area contributed by atoms with Gasteiger partial charge < -0.3 is 9.30 Å². The molecule has 0 saturated carbocycles. The second-order valence-corrected chi connectivity index (χ2v) is 7.15. The van der Waals surface area contributed by atoms with Gasteiger partial charge in [0, 0.05) is 6.08 Å². The number of aryl methyl sites for hydroxylation is 2. The van der Waals surface area contributed by atoms with E-state index in [-0.39, 0.29) is 18.4 Å². The third kappa shape index (κ3) is 4.41. The Kier molecular flexibility index (Phi) is 5.66. The van der Waals surface area contributed by atoms with Gasteiger partial charge in [0.1, 0.15) is 6.54 Å². The average Bonchev–Trinajstić information content (AvgIpc) is 2.97. The third-order valence-electron chi connectivity index (χ3n) is 4.24. The molecule has 0 saturated heterocycles. The number of thiazole rings is 1. The summed E-state index contributed by atoms with van der Waals surface area (Å²) < 4.78 is 7.50. The number of hydrogen-bond donors (Lipinski definition) is 0. The summed E-state index contributed by atoms with van der Waals surface area (Å²) in [6.45, 7) is 4.05. The molecule has 0 fully saturated rings. The lowest BCUT2D eigenvalue weighted by Gasteiger charge is -2.05. The van der Waals surface area contributed by atoms with Gasteiger partial charge in [-0.3, -0.25) is 9.59 Å². The zero-order chi connectivity index (χ0) is 19.4. The molecule has 1 amide bonds. The van der Waals surface area contributed by atoms with Crippen molar-refractivity contribution < 1.29 is 14.3 Å². The second kappa shape index (κ2) is 8.14. The molecule has 3 rings (SSSR count). The number of carbonyl (C=O) groups excluding carboxylic acids is 2. The molecule has 0 aliphatic rings. The lowest BCUT2D eigenvalue weighted by atomic mass is 10.1. The van der Waals surface area contributed by atoms with Crippen molar-refractivity contribution in [1.29, 1.82) is 0 Å². The smallest absolute Gasteiger partial charge is 0.325 e. The Hall–Kier alpha value is -2.99. The van der Waals surface area contributed by atoms with Gasteiger partial charge in [-0.25, -0.2) is 0 Å². The number of benzene rings is 2. The largest absolute Gasteiger partial charge is 0.468 e. The zero-order valence-electron chi connectivity index (χ0n) is 15.4.